The molecule has 3 rings (SSSR count). The fourth-order valence-corrected chi connectivity index (χ4v) is 2.83. The van der Waals surface area contributed by atoms with E-state index in [1.165, 1.54) is 6.07 Å². The zero-order chi connectivity index (χ0) is 18.8. The average Bonchev–Trinajstić information content (AvgIpc) is 2.59. The average molecular weight is 374 g/mol. The van der Waals surface area contributed by atoms with E-state index in [1.54, 1.807) is 36.4 Å². The Kier molecular flexibility index (Phi) is 4.64. The maximum atomic E-state index is 12.4. The van der Waals surface area contributed by atoms with Gasteiger partial charge in [0, 0.05) is 10.4 Å². The van der Waals surface area contributed by atoms with Gasteiger partial charge in [-0.1, -0.05) is 35.9 Å². The maximum Gasteiger partial charge on any atom is 0.346 e. The molecular formula is C18H12ClNO6. The van der Waals surface area contributed by atoms with Crippen molar-refractivity contribution in [3.63, 3.8) is 0 Å². The summed E-state index contributed by atoms with van der Waals surface area (Å²) in [6, 6.07) is 11.4. The minimum atomic E-state index is -1.26. The van der Waals surface area contributed by atoms with E-state index in [-0.39, 0.29) is 16.3 Å². The van der Waals surface area contributed by atoms with E-state index >= 15 is 0 Å². The molecule has 0 fully saturated rings. The number of fused-ring (bicyclic) bond motifs is 1. The largest absolute Gasteiger partial charge is 0.480 e. The number of halogens is 1. The molecule has 0 saturated heterocycles. The van der Waals surface area contributed by atoms with Crippen LogP contribution in [0.2, 0.25) is 5.02 Å². The third-order valence-electron chi connectivity index (χ3n) is 3.70. The second-order valence-electron chi connectivity index (χ2n) is 5.38. The number of hydrogen-bond donors (Lipinski definition) is 3. The highest BCUT2D eigenvalue weighted by atomic mass is 35.5. The second-order valence-corrected chi connectivity index (χ2v) is 5.82. The van der Waals surface area contributed by atoms with Gasteiger partial charge in [0.2, 0.25) is 0 Å². The van der Waals surface area contributed by atoms with Crippen LogP contribution in [-0.2, 0) is 4.79 Å². The van der Waals surface area contributed by atoms with Crippen molar-refractivity contribution in [2.75, 3.05) is 6.54 Å². The Hall–Kier alpha value is -3.32. The van der Waals surface area contributed by atoms with Gasteiger partial charge in [-0.05, 0) is 29.3 Å². The molecule has 7 nitrogen and oxygen atoms in total. The Morgan fingerprint density at radius 2 is 1.88 bits per heavy atom. The normalized spacial score (nSPS) is 10.7. The van der Waals surface area contributed by atoms with Crippen LogP contribution in [-0.4, -0.2) is 28.6 Å². The van der Waals surface area contributed by atoms with Crippen LogP contribution in [0.15, 0.2) is 51.7 Å². The molecule has 0 atom stereocenters. The lowest BCUT2D eigenvalue weighted by atomic mass is 9.96. The topological polar surface area (TPSA) is 117 Å². The molecule has 0 spiro atoms. The van der Waals surface area contributed by atoms with E-state index in [4.69, 9.17) is 21.1 Å². The number of hydrogen-bond acceptors (Lipinski definition) is 5. The van der Waals surface area contributed by atoms with Gasteiger partial charge in [0.25, 0.3) is 11.9 Å². The number of nitrogens with one attached hydrogen (secondary N) is 1. The molecule has 1 aromatic heterocycles. The summed E-state index contributed by atoms with van der Waals surface area (Å²) in [4.78, 5) is 35.2. The fourth-order valence-electron chi connectivity index (χ4n) is 2.64. The van der Waals surface area contributed by atoms with Crippen LogP contribution in [0.3, 0.4) is 0 Å². The summed E-state index contributed by atoms with van der Waals surface area (Å²) in [6.07, 6.45) is 0. The predicted molar refractivity (Wildman–Crippen MR) is 94.6 cm³/mol. The molecule has 3 aromatic rings. The third-order valence-corrected chi connectivity index (χ3v) is 3.94. The van der Waals surface area contributed by atoms with Crippen molar-refractivity contribution in [2.24, 2.45) is 0 Å². The number of rotatable bonds is 4. The molecule has 0 aliphatic carbocycles. The molecule has 132 valence electrons. The monoisotopic (exact) mass is 373 g/mol. The smallest absolute Gasteiger partial charge is 0.346 e. The van der Waals surface area contributed by atoms with Gasteiger partial charge in [-0.2, -0.15) is 0 Å². The number of aliphatic carboxylic acids is 1. The van der Waals surface area contributed by atoms with Gasteiger partial charge in [0.15, 0.2) is 0 Å². The van der Waals surface area contributed by atoms with Gasteiger partial charge in [0.1, 0.15) is 12.1 Å². The standard InChI is InChI=1S/C18H12ClNO6/c19-10-4-1-3-9(7-10)11-5-2-6-12-14(11)15(18(25)26-17(12)24)16(23)20-8-13(21)22/h1-7,25H,8H2,(H,20,23)(H,21,22). The fraction of sp³-hybridized carbons (Fsp3) is 0.0556. The Morgan fingerprint density at radius 1 is 1.15 bits per heavy atom. The van der Waals surface area contributed by atoms with Gasteiger partial charge in [-0.15, -0.1) is 0 Å². The van der Waals surface area contributed by atoms with Crippen LogP contribution in [0.4, 0.5) is 0 Å². The van der Waals surface area contributed by atoms with Crippen molar-refractivity contribution in [3.8, 4) is 17.1 Å². The second kappa shape index (κ2) is 6.89. The van der Waals surface area contributed by atoms with Crippen molar-refractivity contribution >= 4 is 34.2 Å². The molecule has 0 aliphatic heterocycles. The first kappa shape index (κ1) is 17.5. The Morgan fingerprint density at radius 3 is 2.58 bits per heavy atom. The lowest BCUT2D eigenvalue weighted by molar-refractivity contribution is -0.135. The molecule has 0 bridgehead atoms. The zero-order valence-corrected chi connectivity index (χ0v) is 13.9. The number of carbonyl (C=O) groups is 2. The number of carboxylic acids is 1. The summed E-state index contributed by atoms with van der Waals surface area (Å²) in [7, 11) is 0. The highest BCUT2D eigenvalue weighted by molar-refractivity contribution is 6.31. The molecule has 1 amide bonds. The van der Waals surface area contributed by atoms with Crippen LogP contribution >= 0.6 is 11.6 Å². The van der Waals surface area contributed by atoms with E-state index in [0.717, 1.165) is 0 Å². The van der Waals surface area contributed by atoms with Crippen LogP contribution in [0.25, 0.3) is 21.9 Å². The maximum absolute atomic E-state index is 12.4. The SMILES string of the molecule is O=C(O)CNC(=O)c1c(O)oc(=O)c2cccc(-c3cccc(Cl)c3)c12. The number of carboxylic acid groups (broad SMARTS) is 1. The van der Waals surface area contributed by atoms with Crippen LogP contribution in [0.1, 0.15) is 10.4 Å². The van der Waals surface area contributed by atoms with Crippen molar-refractivity contribution in [1.82, 2.24) is 5.32 Å². The molecule has 0 saturated carbocycles. The molecule has 0 unspecified atom stereocenters. The molecular weight excluding hydrogens is 362 g/mol. The first-order valence-corrected chi connectivity index (χ1v) is 7.81. The number of benzene rings is 2. The highest BCUT2D eigenvalue weighted by Gasteiger charge is 2.23. The Bertz CT molecular complexity index is 1090. The summed E-state index contributed by atoms with van der Waals surface area (Å²) in [5, 5.41) is 21.6. The Balaban J connectivity index is 2.32. The lowest BCUT2D eigenvalue weighted by Gasteiger charge is -2.12. The number of carbonyl (C=O) groups excluding carboxylic acids is 1. The van der Waals surface area contributed by atoms with E-state index in [0.29, 0.717) is 16.1 Å². The summed E-state index contributed by atoms with van der Waals surface area (Å²) < 4.78 is 4.73. The van der Waals surface area contributed by atoms with Crippen molar-refractivity contribution in [2.45, 2.75) is 0 Å². The van der Waals surface area contributed by atoms with E-state index < -0.39 is 30.0 Å². The predicted octanol–water partition coefficient (Wildman–Crippen LogP) is 2.63. The summed E-state index contributed by atoms with van der Waals surface area (Å²) in [5.41, 5.74) is -0.0679. The van der Waals surface area contributed by atoms with Crippen molar-refractivity contribution in [1.29, 1.82) is 0 Å². The van der Waals surface area contributed by atoms with Crippen LogP contribution < -0.4 is 10.9 Å². The first-order chi connectivity index (χ1) is 12.4. The third kappa shape index (κ3) is 3.25. The minimum absolute atomic E-state index is 0.0701. The van der Waals surface area contributed by atoms with Crippen LogP contribution in [0.5, 0.6) is 5.95 Å². The van der Waals surface area contributed by atoms with Crippen molar-refractivity contribution < 1.29 is 24.2 Å². The molecule has 3 N–H and O–H groups in total. The molecule has 0 aliphatic rings. The lowest BCUT2D eigenvalue weighted by Crippen LogP contribution is -2.29. The number of amides is 1. The van der Waals surface area contributed by atoms with Gasteiger partial charge in [-0.25, -0.2) is 4.79 Å². The van der Waals surface area contributed by atoms with Gasteiger partial charge in [-0.3, -0.25) is 9.59 Å². The van der Waals surface area contributed by atoms with Crippen LogP contribution in [0, 0.1) is 0 Å². The van der Waals surface area contributed by atoms with E-state index in [1.807, 2.05) is 0 Å². The van der Waals surface area contributed by atoms with Gasteiger partial charge in [0.05, 0.1) is 5.39 Å². The summed E-state index contributed by atoms with van der Waals surface area (Å²) >= 11 is 6.02. The summed E-state index contributed by atoms with van der Waals surface area (Å²) in [5.74, 6) is -3.03. The van der Waals surface area contributed by atoms with Gasteiger partial charge >= 0.3 is 11.6 Å². The highest BCUT2D eigenvalue weighted by Crippen LogP contribution is 2.34. The van der Waals surface area contributed by atoms with Crippen molar-refractivity contribution in [3.05, 3.63) is 63.5 Å². The molecule has 26 heavy (non-hydrogen) atoms. The molecule has 0 radical (unpaired) electrons. The zero-order valence-electron chi connectivity index (χ0n) is 13.2. The summed E-state index contributed by atoms with van der Waals surface area (Å²) in [6.45, 7) is -0.655. The van der Waals surface area contributed by atoms with E-state index in [2.05, 4.69) is 5.32 Å². The Labute approximate surface area is 151 Å². The quantitative estimate of drug-likeness (QED) is 0.647. The van der Waals surface area contributed by atoms with E-state index in [9.17, 15) is 19.5 Å². The first-order valence-electron chi connectivity index (χ1n) is 7.43. The molecule has 2 aromatic carbocycles. The minimum Gasteiger partial charge on any atom is -0.480 e. The van der Waals surface area contributed by atoms with Gasteiger partial charge < -0.3 is 19.9 Å². The molecule has 8 heteroatoms. The molecule has 1 heterocycles. The number of aromatic hydroxyl groups is 1.